The second-order valence-electron chi connectivity index (χ2n) is 1.95. The highest BCUT2D eigenvalue weighted by molar-refractivity contribution is 5.04. The molecular formula is C6H9N. The van der Waals surface area contributed by atoms with Crippen molar-refractivity contribution in [2.75, 3.05) is 13.6 Å². The third-order valence-corrected chi connectivity index (χ3v) is 1.48. The van der Waals surface area contributed by atoms with Crippen LogP contribution >= 0.6 is 0 Å². The minimum Gasteiger partial charge on any atom is -0.293 e. The predicted molar refractivity (Wildman–Crippen MR) is 29.9 cm³/mol. The summed E-state index contributed by atoms with van der Waals surface area (Å²) in [5.74, 6) is 2.68. The molecule has 1 rings (SSSR count). The summed E-state index contributed by atoms with van der Waals surface area (Å²) in [6.07, 6.45) is 6.32. The highest BCUT2D eigenvalue weighted by atomic mass is 15.2. The molecule has 1 nitrogen and oxygen atoms in total. The van der Waals surface area contributed by atoms with E-state index in [1.54, 1.807) is 0 Å². The van der Waals surface area contributed by atoms with Crippen molar-refractivity contribution in [1.82, 2.24) is 4.90 Å². The summed E-state index contributed by atoms with van der Waals surface area (Å²) in [7, 11) is 2.05. The number of rotatable bonds is 0. The van der Waals surface area contributed by atoms with Crippen LogP contribution in [0, 0.1) is 12.3 Å². The Morgan fingerprint density at radius 2 is 2.57 bits per heavy atom. The number of likely N-dealkylation sites (tertiary alicyclic amines) is 1. The Bertz CT molecular complexity index is 101. The highest BCUT2D eigenvalue weighted by Crippen LogP contribution is 2.11. The Morgan fingerprint density at radius 1 is 1.86 bits per heavy atom. The molecule has 0 aromatic rings. The van der Waals surface area contributed by atoms with Gasteiger partial charge in [-0.1, -0.05) is 5.92 Å². The Kier molecular flexibility index (Phi) is 1.04. The molecule has 1 unspecified atom stereocenters. The molecule has 0 aromatic heterocycles. The molecule has 1 saturated heterocycles. The van der Waals surface area contributed by atoms with E-state index in [1.807, 2.05) is 7.05 Å². The number of hydrogen-bond donors (Lipinski definition) is 0. The van der Waals surface area contributed by atoms with Crippen molar-refractivity contribution in [3.8, 4) is 12.3 Å². The van der Waals surface area contributed by atoms with Gasteiger partial charge in [-0.05, 0) is 13.5 Å². The fraction of sp³-hybridized carbons (Fsp3) is 0.667. The maximum absolute atomic E-state index is 5.13. The Hall–Kier alpha value is -0.480. The predicted octanol–water partition coefficient (Wildman–Crippen LogP) is 0.324. The molecule has 0 saturated carbocycles. The van der Waals surface area contributed by atoms with Crippen molar-refractivity contribution in [3.05, 3.63) is 0 Å². The number of hydrogen-bond acceptors (Lipinski definition) is 1. The van der Waals surface area contributed by atoms with Crippen LogP contribution in [0.15, 0.2) is 0 Å². The van der Waals surface area contributed by atoms with E-state index >= 15 is 0 Å². The van der Waals surface area contributed by atoms with Crippen LogP contribution in [0.25, 0.3) is 0 Å². The van der Waals surface area contributed by atoms with Gasteiger partial charge < -0.3 is 0 Å². The molecule has 0 N–H and O–H groups in total. The lowest BCUT2D eigenvalue weighted by molar-refractivity contribution is 0.174. The smallest absolute Gasteiger partial charge is 0.0721 e. The first-order valence-corrected chi connectivity index (χ1v) is 2.51. The quantitative estimate of drug-likeness (QED) is 0.392. The largest absolute Gasteiger partial charge is 0.293 e. The van der Waals surface area contributed by atoms with Gasteiger partial charge in [-0.15, -0.1) is 6.42 Å². The van der Waals surface area contributed by atoms with E-state index in [-0.39, 0.29) is 0 Å². The van der Waals surface area contributed by atoms with E-state index in [0.717, 1.165) is 0 Å². The molecule has 0 radical (unpaired) electrons. The van der Waals surface area contributed by atoms with Gasteiger partial charge >= 0.3 is 0 Å². The summed E-state index contributed by atoms with van der Waals surface area (Å²) in [5.41, 5.74) is 0. The highest BCUT2D eigenvalue weighted by Gasteiger charge is 2.20. The van der Waals surface area contributed by atoms with Gasteiger partial charge in [-0.3, -0.25) is 4.90 Å². The van der Waals surface area contributed by atoms with Gasteiger partial charge in [0, 0.05) is 6.54 Å². The Labute approximate surface area is 44.3 Å². The molecule has 1 aliphatic heterocycles. The van der Waals surface area contributed by atoms with E-state index < -0.39 is 0 Å². The lowest BCUT2D eigenvalue weighted by Crippen LogP contribution is -2.43. The summed E-state index contributed by atoms with van der Waals surface area (Å²) in [5, 5.41) is 0. The summed E-state index contributed by atoms with van der Waals surface area (Å²) < 4.78 is 0. The first-order valence-electron chi connectivity index (χ1n) is 2.51. The van der Waals surface area contributed by atoms with Crippen LogP contribution in [0.1, 0.15) is 6.42 Å². The maximum Gasteiger partial charge on any atom is 0.0721 e. The SMILES string of the molecule is C#CC1CCN1C. The van der Waals surface area contributed by atoms with Gasteiger partial charge in [0.1, 0.15) is 0 Å². The molecular weight excluding hydrogens is 86.1 g/mol. The standard InChI is InChI=1S/C6H9N/c1-3-6-4-5-7(6)2/h1,6H,4-5H2,2H3. The number of nitrogens with zero attached hydrogens (tertiary/aromatic N) is 1. The van der Waals surface area contributed by atoms with E-state index in [4.69, 9.17) is 6.42 Å². The summed E-state index contributed by atoms with van der Waals surface area (Å²) in [6, 6.07) is 0.444. The molecule has 7 heavy (non-hydrogen) atoms. The van der Waals surface area contributed by atoms with Gasteiger partial charge in [-0.25, -0.2) is 0 Å². The molecule has 1 fully saturated rings. The molecule has 38 valence electrons. The Morgan fingerprint density at radius 3 is 2.57 bits per heavy atom. The normalized spacial score (nSPS) is 31.1. The molecule has 0 spiro atoms. The van der Waals surface area contributed by atoms with E-state index in [0.29, 0.717) is 6.04 Å². The lowest BCUT2D eigenvalue weighted by atomic mass is 10.1. The fourth-order valence-corrected chi connectivity index (χ4v) is 0.727. The first-order chi connectivity index (χ1) is 3.34. The molecule has 0 bridgehead atoms. The first kappa shape index (κ1) is 4.67. The third kappa shape index (κ3) is 0.618. The molecule has 1 aliphatic rings. The topological polar surface area (TPSA) is 3.24 Å². The molecule has 1 atom stereocenters. The molecule has 1 heterocycles. The Balaban J connectivity index is 2.33. The summed E-state index contributed by atoms with van der Waals surface area (Å²) in [6.45, 7) is 1.18. The van der Waals surface area contributed by atoms with Crippen molar-refractivity contribution in [1.29, 1.82) is 0 Å². The molecule has 0 aromatic carbocycles. The third-order valence-electron chi connectivity index (χ3n) is 1.48. The monoisotopic (exact) mass is 95.1 g/mol. The zero-order valence-corrected chi connectivity index (χ0v) is 4.52. The van der Waals surface area contributed by atoms with E-state index in [1.165, 1.54) is 13.0 Å². The average Bonchev–Trinajstić information content (AvgIpc) is 1.65. The molecule has 1 heteroatoms. The van der Waals surface area contributed by atoms with Crippen molar-refractivity contribution in [2.24, 2.45) is 0 Å². The van der Waals surface area contributed by atoms with Gasteiger partial charge in [0.25, 0.3) is 0 Å². The lowest BCUT2D eigenvalue weighted by Gasteiger charge is -2.33. The average molecular weight is 95.1 g/mol. The van der Waals surface area contributed by atoms with Crippen molar-refractivity contribution in [2.45, 2.75) is 12.5 Å². The fourth-order valence-electron chi connectivity index (χ4n) is 0.727. The molecule has 0 amide bonds. The van der Waals surface area contributed by atoms with Crippen molar-refractivity contribution in [3.63, 3.8) is 0 Å². The summed E-state index contributed by atoms with van der Waals surface area (Å²) >= 11 is 0. The van der Waals surface area contributed by atoms with Crippen molar-refractivity contribution < 1.29 is 0 Å². The van der Waals surface area contributed by atoms with Gasteiger partial charge in [0.15, 0.2) is 0 Å². The zero-order chi connectivity index (χ0) is 5.28. The van der Waals surface area contributed by atoms with Crippen LogP contribution in [-0.2, 0) is 0 Å². The zero-order valence-electron chi connectivity index (χ0n) is 4.52. The number of terminal acetylenes is 1. The van der Waals surface area contributed by atoms with Gasteiger partial charge in [0.05, 0.1) is 6.04 Å². The van der Waals surface area contributed by atoms with Crippen LogP contribution in [0.2, 0.25) is 0 Å². The minimum absolute atomic E-state index is 0.444. The molecule has 0 aliphatic carbocycles. The van der Waals surface area contributed by atoms with Crippen LogP contribution in [0.5, 0.6) is 0 Å². The van der Waals surface area contributed by atoms with Gasteiger partial charge in [0.2, 0.25) is 0 Å². The van der Waals surface area contributed by atoms with Crippen LogP contribution in [0.4, 0.5) is 0 Å². The van der Waals surface area contributed by atoms with E-state index in [2.05, 4.69) is 10.8 Å². The minimum atomic E-state index is 0.444. The van der Waals surface area contributed by atoms with E-state index in [9.17, 15) is 0 Å². The summed E-state index contributed by atoms with van der Waals surface area (Å²) in [4.78, 5) is 2.17. The van der Waals surface area contributed by atoms with Gasteiger partial charge in [-0.2, -0.15) is 0 Å². The van der Waals surface area contributed by atoms with Crippen LogP contribution < -0.4 is 0 Å². The van der Waals surface area contributed by atoms with Crippen LogP contribution in [-0.4, -0.2) is 24.5 Å². The van der Waals surface area contributed by atoms with Crippen molar-refractivity contribution >= 4 is 0 Å². The maximum atomic E-state index is 5.13. The second-order valence-corrected chi connectivity index (χ2v) is 1.95. The van der Waals surface area contributed by atoms with Crippen LogP contribution in [0.3, 0.4) is 0 Å². The second kappa shape index (κ2) is 1.55.